The number of thioether (sulfide) groups is 1. The van der Waals surface area contributed by atoms with Gasteiger partial charge in [0.1, 0.15) is 17.7 Å². The summed E-state index contributed by atoms with van der Waals surface area (Å²) in [6.45, 7) is 4.23. The van der Waals surface area contributed by atoms with Crippen molar-refractivity contribution in [3.8, 4) is 0 Å². The third-order valence-corrected chi connectivity index (χ3v) is 5.80. The molecular weight excluding hydrogens is 403 g/mol. The zero-order chi connectivity index (χ0) is 21.3. The van der Waals surface area contributed by atoms with Crippen LogP contribution in [0, 0.1) is 11.7 Å². The molecule has 2 heterocycles. The Morgan fingerprint density at radius 1 is 1.20 bits per heavy atom. The van der Waals surface area contributed by atoms with Crippen LogP contribution in [-0.2, 0) is 16.1 Å². The zero-order valence-electron chi connectivity index (χ0n) is 16.6. The van der Waals surface area contributed by atoms with Gasteiger partial charge in [0, 0.05) is 12.1 Å². The van der Waals surface area contributed by atoms with E-state index in [2.05, 4.69) is 15.3 Å². The molecule has 154 valence electrons. The molecule has 0 saturated heterocycles. The Labute approximate surface area is 178 Å². The third kappa shape index (κ3) is 4.00. The number of benzene rings is 2. The molecule has 8 heteroatoms. The molecule has 2 amide bonds. The molecule has 0 unspecified atom stereocenters. The number of para-hydroxylation sites is 1. The summed E-state index contributed by atoms with van der Waals surface area (Å²) >= 11 is 1.20. The first-order valence-electron chi connectivity index (χ1n) is 9.68. The van der Waals surface area contributed by atoms with Crippen molar-refractivity contribution in [2.45, 2.75) is 26.4 Å². The third-order valence-electron chi connectivity index (χ3n) is 4.87. The number of amidine groups is 2. The molecule has 4 rings (SSSR count). The van der Waals surface area contributed by atoms with E-state index in [1.165, 1.54) is 28.8 Å². The summed E-state index contributed by atoms with van der Waals surface area (Å²) < 4.78 is 13.0. The van der Waals surface area contributed by atoms with Gasteiger partial charge < -0.3 is 5.32 Å². The monoisotopic (exact) mass is 424 g/mol. The molecule has 2 aromatic carbocycles. The van der Waals surface area contributed by atoms with Gasteiger partial charge in [-0.3, -0.25) is 14.6 Å². The Hall–Kier alpha value is -3.00. The van der Waals surface area contributed by atoms with Gasteiger partial charge in [-0.2, -0.15) is 0 Å². The molecule has 0 aliphatic carbocycles. The van der Waals surface area contributed by atoms with Crippen molar-refractivity contribution in [3.05, 3.63) is 65.5 Å². The second kappa shape index (κ2) is 8.39. The van der Waals surface area contributed by atoms with Crippen molar-refractivity contribution >= 4 is 40.3 Å². The second-order valence-electron chi connectivity index (χ2n) is 7.42. The molecule has 0 fully saturated rings. The van der Waals surface area contributed by atoms with Gasteiger partial charge in [0.05, 0.1) is 11.4 Å². The first-order chi connectivity index (χ1) is 14.4. The van der Waals surface area contributed by atoms with E-state index in [-0.39, 0.29) is 29.3 Å². The first kappa shape index (κ1) is 20.3. The Bertz CT molecular complexity index is 1050. The number of carbonyl (C=O) groups is 2. The molecule has 0 radical (unpaired) electrons. The molecule has 0 bridgehead atoms. The fraction of sp³-hybridized carbons (Fsp3) is 0.273. The topological polar surface area (TPSA) is 74.1 Å². The minimum Gasteiger partial charge on any atom is -0.351 e. The van der Waals surface area contributed by atoms with Gasteiger partial charge >= 0.3 is 0 Å². The maximum atomic E-state index is 13.0. The zero-order valence-corrected chi connectivity index (χ0v) is 17.4. The Kier molecular flexibility index (Phi) is 5.67. The molecule has 0 saturated carbocycles. The highest BCUT2D eigenvalue weighted by molar-refractivity contribution is 8.14. The van der Waals surface area contributed by atoms with Crippen LogP contribution < -0.4 is 5.32 Å². The van der Waals surface area contributed by atoms with Crippen molar-refractivity contribution in [3.63, 3.8) is 0 Å². The summed E-state index contributed by atoms with van der Waals surface area (Å²) in [6.07, 6.45) is 0. The molecule has 0 aromatic heterocycles. The van der Waals surface area contributed by atoms with E-state index in [9.17, 15) is 14.0 Å². The smallest absolute Gasteiger partial charge is 0.259 e. The molecular formula is C22H21FN4O2S. The number of hydrogen-bond donors (Lipinski definition) is 1. The fourth-order valence-corrected chi connectivity index (χ4v) is 4.12. The van der Waals surface area contributed by atoms with Crippen LogP contribution in [0.3, 0.4) is 0 Å². The Balaban J connectivity index is 1.47. The van der Waals surface area contributed by atoms with E-state index in [1.807, 2.05) is 38.1 Å². The highest BCUT2D eigenvalue weighted by atomic mass is 32.2. The molecule has 6 nitrogen and oxygen atoms in total. The minimum absolute atomic E-state index is 0.0630. The molecule has 30 heavy (non-hydrogen) atoms. The average Bonchev–Trinajstić information content (AvgIpc) is 3.10. The summed E-state index contributed by atoms with van der Waals surface area (Å²) in [5, 5.41) is 3.26. The number of hydrogen-bond acceptors (Lipinski definition) is 5. The van der Waals surface area contributed by atoms with Crippen LogP contribution in [0.15, 0.2) is 58.5 Å². The summed E-state index contributed by atoms with van der Waals surface area (Å²) in [7, 11) is 0. The summed E-state index contributed by atoms with van der Waals surface area (Å²) in [4.78, 5) is 36.1. The summed E-state index contributed by atoms with van der Waals surface area (Å²) in [6, 6.07) is 13.1. The number of rotatable bonds is 5. The van der Waals surface area contributed by atoms with Crippen molar-refractivity contribution in [2.24, 2.45) is 15.9 Å². The maximum Gasteiger partial charge on any atom is 0.259 e. The minimum atomic E-state index is -0.454. The van der Waals surface area contributed by atoms with Gasteiger partial charge in [0.25, 0.3) is 5.91 Å². The van der Waals surface area contributed by atoms with Crippen molar-refractivity contribution in [1.82, 2.24) is 10.2 Å². The quantitative estimate of drug-likeness (QED) is 0.799. The predicted octanol–water partition coefficient (Wildman–Crippen LogP) is 3.49. The van der Waals surface area contributed by atoms with Crippen LogP contribution in [0.5, 0.6) is 0 Å². The SMILES string of the molecule is CC(C)[C@H]1N=C2c3ccccc3N=C(SCC(=O)NCc3ccc(F)cc3)N2C1=O. The van der Waals surface area contributed by atoms with Crippen molar-refractivity contribution in [2.75, 3.05) is 5.75 Å². The largest absolute Gasteiger partial charge is 0.351 e. The number of nitrogens with one attached hydrogen (secondary N) is 1. The molecule has 1 atom stereocenters. The molecule has 0 spiro atoms. The fourth-order valence-electron chi connectivity index (χ4n) is 3.28. The highest BCUT2D eigenvalue weighted by Gasteiger charge is 2.42. The molecule has 2 aliphatic rings. The van der Waals surface area contributed by atoms with E-state index in [0.29, 0.717) is 17.5 Å². The molecule has 2 aliphatic heterocycles. The van der Waals surface area contributed by atoms with E-state index >= 15 is 0 Å². The van der Waals surface area contributed by atoms with Gasteiger partial charge in [-0.15, -0.1) is 0 Å². The average molecular weight is 425 g/mol. The Morgan fingerprint density at radius 2 is 1.93 bits per heavy atom. The normalized spacial score (nSPS) is 17.4. The van der Waals surface area contributed by atoms with Gasteiger partial charge in [-0.25, -0.2) is 14.3 Å². The number of aliphatic imine (C=N–C) groups is 2. The van der Waals surface area contributed by atoms with Crippen LogP contribution in [0.2, 0.25) is 0 Å². The second-order valence-corrected chi connectivity index (χ2v) is 8.36. The van der Waals surface area contributed by atoms with E-state index < -0.39 is 6.04 Å². The van der Waals surface area contributed by atoms with E-state index in [4.69, 9.17) is 0 Å². The summed E-state index contributed by atoms with van der Waals surface area (Å²) in [5.74, 6) is 0.130. The van der Waals surface area contributed by atoms with Gasteiger partial charge in [0.15, 0.2) is 5.17 Å². The number of halogens is 1. The highest BCUT2D eigenvalue weighted by Crippen LogP contribution is 2.34. The molecule has 2 aromatic rings. The lowest BCUT2D eigenvalue weighted by molar-refractivity contribution is -0.125. The maximum absolute atomic E-state index is 13.0. The van der Waals surface area contributed by atoms with Gasteiger partial charge in [-0.1, -0.05) is 49.9 Å². The Morgan fingerprint density at radius 3 is 2.67 bits per heavy atom. The van der Waals surface area contributed by atoms with Gasteiger partial charge in [-0.05, 0) is 35.7 Å². The van der Waals surface area contributed by atoms with E-state index in [0.717, 1.165) is 16.8 Å². The van der Waals surface area contributed by atoms with Crippen LogP contribution in [0.1, 0.15) is 25.0 Å². The lowest BCUT2D eigenvalue weighted by Gasteiger charge is -2.25. The van der Waals surface area contributed by atoms with Crippen molar-refractivity contribution < 1.29 is 14.0 Å². The van der Waals surface area contributed by atoms with Crippen LogP contribution in [0.25, 0.3) is 0 Å². The lowest BCUT2D eigenvalue weighted by Crippen LogP contribution is -2.42. The van der Waals surface area contributed by atoms with Crippen LogP contribution in [0.4, 0.5) is 10.1 Å². The van der Waals surface area contributed by atoms with Crippen molar-refractivity contribution in [1.29, 1.82) is 0 Å². The number of carbonyl (C=O) groups excluding carboxylic acids is 2. The van der Waals surface area contributed by atoms with E-state index in [1.54, 1.807) is 12.1 Å². The van der Waals surface area contributed by atoms with Crippen LogP contribution >= 0.6 is 11.8 Å². The predicted molar refractivity (Wildman–Crippen MR) is 116 cm³/mol. The summed E-state index contributed by atoms with van der Waals surface area (Å²) in [5.41, 5.74) is 2.36. The number of amides is 2. The standard InChI is InChI=1S/C22H21FN4O2S/c1-13(2)19-21(29)27-20(26-19)16-5-3-4-6-17(16)25-22(27)30-12-18(28)24-11-14-7-9-15(23)10-8-14/h3-10,13,19H,11-12H2,1-2H3,(H,24,28)/t19-/m1/s1. The number of nitrogens with zero attached hydrogens (tertiary/aromatic N) is 3. The van der Waals surface area contributed by atoms with Gasteiger partial charge in [0.2, 0.25) is 5.91 Å². The lowest BCUT2D eigenvalue weighted by atomic mass is 10.1. The first-order valence-corrected chi connectivity index (χ1v) is 10.7. The molecule has 1 N–H and O–H groups in total. The van der Waals surface area contributed by atoms with Crippen LogP contribution in [-0.4, -0.2) is 39.5 Å². The number of fused-ring (bicyclic) bond motifs is 3.